The minimum absolute atomic E-state index is 0.0553. The van der Waals surface area contributed by atoms with Gasteiger partial charge in [-0.15, -0.1) is 0 Å². The van der Waals surface area contributed by atoms with Gasteiger partial charge >= 0.3 is 0 Å². The number of fused-ring (bicyclic) bond motifs is 2. The molecule has 0 spiro atoms. The van der Waals surface area contributed by atoms with Crippen LogP contribution in [0.25, 0.3) is 5.76 Å². The van der Waals surface area contributed by atoms with E-state index in [9.17, 15) is 13.5 Å². The van der Waals surface area contributed by atoms with Crippen LogP contribution in [-0.2, 0) is 10.0 Å². The molecule has 2 aliphatic rings. The van der Waals surface area contributed by atoms with Crippen molar-refractivity contribution in [3.05, 3.63) is 36.4 Å². The van der Waals surface area contributed by atoms with Gasteiger partial charge in [0.1, 0.15) is 5.76 Å². The molecule has 0 amide bonds. The summed E-state index contributed by atoms with van der Waals surface area (Å²) in [6, 6.07) is 6.40. The zero-order chi connectivity index (χ0) is 17.0. The topological polar surface area (TPSA) is 57.6 Å². The normalized spacial score (nSPS) is 30.3. The monoisotopic (exact) mass is 335 g/mol. The molecule has 0 aromatic heterocycles. The van der Waals surface area contributed by atoms with Crippen molar-refractivity contribution in [2.75, 3.05) is 6.54 Å². The zero-order valence-electron chi connectivity index (χ0n) is 14.0. The second kappa shape index (κ2) is 5.08. The van der Waals surface area contributed by atoms with Gasteiger partial charge in [0, 0.05) is 18.2 Å². The maximum atomic E-state index is 13.1. The van der Waals surface area contributed by atoms with Gasteiger partial charge in [-0.25, -0.2) is 8.42 Å². The van der Waals surface area contributed by atoms with E-state index in [0.29, 0.717) is 12.1 Å². The Morgan fingerprint density at radius 3 is 2.39 bits per heavy atom. The molecule has 2 bridgehead atoms. The van der Waals surface area contributed by atoms with Gasteiger partial charge < -0.3 is 5.11 Å². The molecule has 4 nitrogen and oxygen atoms in total. The van der Waals surface area contributed by atoms with E-state index in [0.717, 1.165) is 19.3 Å². The molecule has 1 aliphatic heterocycles. The Hall–Kier alpha value is -1.33. The number of nitrogens with zero attached hydrogens (tertiary/aromatic N) is 1. The lowest BCUT2D eigenvalue weighted by Gasteiger charge is -2.39. The first-order chi connectivity index (χ1) is 10.5. The maximum absolute atomic E-state index is 13.1. The third kappa shape index (κ3) is 2.92. The summed E-state index contributed by atoms with van der Waals surface area (Å²) in [6.07, 6.45) is 2.92. The van der Waals surface area contributed by atoms with Crippen LogP contribution in [0.5, 0.6) is 0 Å². The van der Waals surface area contributed by atoms with Crippen LogP contribution in [0.3, 0.4) is 0 Å². The SMILES string of the molecule is C=C(O)c1ccc(S(=O)(=O)N2CC3(C)CC2CC(C)(C)C3)cc1. The number of sulfonamides is 1. The van der Waals surface area contributed by atoms with Crippen LogP contribution in [0, 0.1) is 10.8 Å². The standard InChI is InChI=1S/C18H25NO3S/c1-13(20)14-5-7-16(8-6-14)23(21,22)19-12-18(4)10-15(19)9-17(2,3)11-18/h5-8,15,20H,1,9-12H2,2-4H3. The number of aliphatic hydroxyl groups excluding tert-OH is 1. The first-order valence-electron chi connectivity index (χ1n) is 8.03. The van der Waals surface area contributed by atoms with Crippen molar-refractivity contribution in [2.45, 2.75) is 51.0 Å². The molecule has 1 saturated carbocycles. The van der Waals surface area contributed by atoms with E-state index in [2.05, 4.69) is 27.4 Å². The molecule has 2 fully saturated rings. The highest BCUT2D eigenvalue weighted by molar-refractivity contribution is 7.89. The molecule has 3 rings (SSSR count). The summed E-state index contributed by atoms with van der Waals surface area (Å²) < 4.78 is 27.8. The fourth-order valence-corrected chi connectivity index (χ4v) is 6.42. The Kier molecular flexibility index (Phi) is 3.65. The summed E-state index contributed by atoms with van der Waals surface area (Å²) in [4.78, 5) is 0.288. The number of benzene rings is 1. The van der Waals surface area contributed by atoms with E-state index in [4.69, 9.17) is 0 Å². The molecular formula is C18H25NO3S. The van der Waals surface area contributed by atoms with Crippen molar-refractivity contribution in [2.24, 2.45) is 10.8 Å². The summed E-state index contributed by atoms with van der Waals surface area (Å²) in [5, 5.41) is 9.39. The summed E-state index contributed by atoms with van der Waals surface area (Å²) in [5.41, 5.74) is 0.788. The zero-order valence-corrected chi connectivity index (χ0v) is 14.9. The molecule has 1 aliphatic carbocycles. The third-order valence-electron chi connectivity index (χ3n) is 5.16. The number of hydrogen-bond donors (Lipinski definition) is 1. The van der Waals surface area contributed by atoms with Crippen LogP contribution in [0.1, 0.15) is 45.6 Å². The van der Waals surface area contributed by atoms with E-state index in [1.807, 2.05) is 0 Å². The lowest BCUT2D eigenvalue weighted by molar-refractivity contribution is 0.133. The molecule has 1 aromatic rings. The van der Waals surface area contributed by atoms with Gasteiger partial charge in [0.15, 0.2) is 0 Å². The van der Waals surface area contributed by atoms with Crippen LogP contribution in [0.2, 0.25) is 0 Å². The van der Waals surface area contributed by atoms with Gasteiger partial charge in [-0.3, -0.25) is 0 Å². The Labute approximate surface area is 138 Å². The molecule has 126 valence electrons. The second-order valence-electron chi connectivity index (χ2n) is 8.24. The first-order valence-corrected chi connectivity index (χ1v) is 9.47. The van der Waals surface area contributed by atoms with Crippen molar-refractivity contribution in [1.82, 2.24) is 4.31 Å². The quantitative estimate of drug-likeness (QED) is 0.855. The van der Waals surface area contributed by atoms with Gasteiger partial charge in [0.05, 0.1) is 4.90 Å². The number of hydrogen-bond acceptors (Lipinski definition) is 3. The lowest BCUT2D eigenvalue weighted by Crippen LogP contribution is -2.37. The van der Waals surface area contributed by atoms with Crippen molar-refractivity contribution in [1.29, 1.82) is 0 Å². The third-order valence-corrected chi connectivity index (χ3v) is 7.07. The Morgan fingerprint density at radius 1 is 1.22 bits per heavy atom. The summed E-state index contributed by atoms with van der Waals surface area (Å²) >= 11 is 0. The highest BCUT2D eigenvalue weighted by Crippen LogP contribution is 2.53. The molecule has 1 aromatic carbocycles. The molecule has 1 saturated heterocycles. The highest BCUT2D eigenvalue weighted by Gasteiger charge is 2.53. The average molecular weight is 335 g/mol. The summed E-state index contributed by atoms with van der Waals surface area (Å²) in [5.74, 6) is -0.0553. The van der Waals surface area contributed by atoms with E-state index < -0.39 is 10.0 Å². The predicted molar refractivity (Wildman–Crippen MR) is 91.5 cm³/mol. The van der Waals surface area contributed by atoms with Crippen LogP contribution < -0.4 is 0 Å². The van der Waals surface area contributed by atoms with Crippen molar-refractivity contribution >= 4 is 15.8 Å². The smallest absolute Gasteiger partial charge is 0.243 e. The molecule has 0 radical (unpaired) electrons. The Morgan fingerprint density at radius 2 is 1.83 bits per heavy atom. The van der Waals surface area contributed by atoms with Gasteiger partial charge in [-0.05, 0) is 54.4 Å². The molecule has 5 heteroatoms. The molecular weight excluding hydrogens is 310 g/mol. The largest absolute Gasteiger partial charge is 0.508 e. The van der Waals surface area contributed by atoms with E-state index in [1.54, 1.807) is 28.6 Å². The maximum Gasteiger partial charge on any atom is 0.243 e. The minimum Gasteiger partial charge on any atom is -0.508 e. The molecule has 2 atom stereocenters. The Bertz CT molecular complexity index is 736. The highest BCUT2D eigenvalue weighted by atomic mass is 32.2. The van der Waals surface area contributed by atoms with Gasteiger partial charge in [0.25, 0.3) is 0 Å². The van der Waals surface area contributed by atoms with Gasteiger partial charge in [0.2, 0.25) is 10.0 Å². The van der Waals surface area contributed by atoms with Crippen molar-refractivity contribution < 1.29 is 13.5 Å². The van der Waals surface area contributed by atoms with E-state index in [-0.39, 0.29) is 27.5 Å². The van der Waals surface area contributed by atoms with Gasteiger partial charge in [-0.2, -0.15) is 4.31 Å². The first kappa shape index (κ1) is 16.5. The van der Waals surface area contributed by atoms with Gasteiger partial charge in [-0.1, -0.05) is 27.4 Å². The van der Waals surface area contributed by atoms with Crippen LogP contribution >= 0.6 is 0 Å². The number of aliphatic hydroxyl groups is 1. The molecule has 1 heterocycles. The van der Waals surface area contributed by atoms with E-state index >= 15 is 0 Å². The number of rotatable bonds is 3. The molecule has 23 heavy (non-hydrogen) atoms. The predicted octanol–water partition coefficient (Wildman–Crippen LogP) is 3.80. The second-order valence-corrected chi connectivity index (χ2v) is 10.1. The summed E-state index contributed by atoms with van der Waals surface area (Å²) in [6.45, 7) is 10.7. The fraction of sp³-hybridized carbons (Fsp3) is 0.556. The fourth-order valence-electron chi connectivity index (χ4n) is 4.64. The molecule has 1 N–H and O–H groups in total. The average Bonchev–Trinajstić information content (AvgIpc) is 2.68. The minimum atomic E-state index is -3.50. The van der Waals surface area contributed by atoms with Crippen LogP contribution in [0.15, 0.2) is 35.7 Å². The van der Waals surface area contributed by atoms with Crippen molar-refractivity contribution in [3.63, 3.8) is 0 Å². The van der Waals surface area contributed by atoms with Crippen LogP contribution in [0.4, 0.5) is 0 Å². The Balaban J connectivity index is 1.93. The lowest BCUT2D eigenvalue weighted by atomic mass is 9.65. The van der Waals surface area contributed by atoms with E-state index in [1.165, 1.54) is 0 Å². The molecule has 2 unspecified atom stereocenters. The van der Waals surface area contributed by atoms with Crippen LogP contribution in [-0.4, -0.2) is 30.4 Å². The van der Waals surface area contributed by atoms with Crippen molar-refractivity contribution in [3.8, 4) is 0 Å². The summed E-state index contributed by atoms with van der Waals surface area (Å²) in [7, 11) is -3.50.